The van der Waals surface area contributed by atoms with Gasteiger partial charge in [-0.1, -0.05) is 12.1 Å². The van der Waals surface area contributed by atoms with Crippen molar-refractivity contribution in [1.82, 2.24) is 10.7 Å². The van der Waals surface area contributed by atoms with Gasteiger partial charge in [0.15, 0.2) is 23.2 Å². The molecular weight excluding hydrogens is 383 g/mol. The Labute approximate surface area is 167 Å². The van der Waals surface area contributed by atoms with Crippen LogP contribution in [0.2, 0.25) is 0 Å². The molecule has 0 saturated carbocycles. The summed E-state index contributed by atoms with van der Waals surface area (Å²) >= 11 is 5.08. The minimum atomic E-state index is -0.413. The second-order valence-electron chi connectivity index (χ2n) is 5.46. The van der Waals surface area contributed by atoms with E-state index in [9.17, 15) is 9.18 Å². The molecule has 0 atom stereocenters. The third-order valence-electron chi connectivity index (χ3n) is 3.42. The van der Waals surface area contributed by atoms with Crippen LogP contribution in [-0.4, -0.2) is 37.5 Å². The summed E-state index contributed by atoms with van der Waals surface area (Å²) in [5.74, 6) is 0.273. The third kappa shape index (κ3) is 6.51. The number of hydrogen-bond acceptors (Lipinski definition) is 5. The van der Waals surface area contributed by atoms with Gasteiger partial charge in [-0.2, -0.15) is 5.10 Å². The molecule has 0 bridgehead atoms. The fourth-order valence-corrected chi connectivity index (χ4v) is 2.32. The topological polar surface area (TPSA) is 84.0 Å². The van der Waals surface area contributed by atoms with E-state index in [4.69, 9.17) is 21.7 Å². The molecule has 0 heterocycles. The van der Waals surface area contributed by atoms with E-state index in [-0.39, 0.29) is 23.3 Å². The van der Waals surface area contributed by atoms with E-state index in [1.54, 1.807) is 36.4 Å². The normalized spacial score (nSPS) is 10.4. The SMILES string of the molecule is CCNC(=O)COc1ccc(/C=N\NC(=S)Nc2ccccc2F)cc1OC. The minimum Gasteiger partial charge on any atom is -0.493 e. The van der Waals surface area contributed by atoms with Gasteiger partial charge in [-0.25, -0.2) is 4.39 Å². The molecule has 2 rings (SSSR count). The molecule has 0 fully saturated rings. The van der Waals surface area contributed by atoms with E-state index in [1.807, 2.05) is 6.92 Å². The van der Waals surface area contributed by atoms with Crippen molar-refractivity contribution < 1.29 is 18.7 Å². The van der Waals surface area contributed by atoms with E-state index >= 15 is 0 Å². The Hall–Kier alpha value is -3.20. The third-order valence-corrected chi connectivity index (χ3v) is 3.62. The number of nitrogens with zero attached hydrogens (tertiary/aromatic N) is 1. The van der Waals surface area contributed by atoms with Crippen molar-refractivity contribution in [3.63, 3.8) is 0 Å². The fourth-order valence-electron chi connectivity index (χ4n) is 2.15. The number of methoxy groups -OCH3 is 1. The molecule has 0 saturated heterocycles. The summed E-state index contributed by atoms with van der Waals surface area (Å²) in [6, 6.07) is 11.3. The molecule has 1 amide bonds. The summed E-state index contributed by atoms with van der Waals surface area (Å²) in [4.78, 5) is 11.5. The van der Waals surface area contributed by atoms with Gasteiger partial charge < -0.3 is 20.1 Å². The molecule has 2 aromatic rings. The lowest BCUT2D eigenvalue weighted by molar-refractivity contribution is -0.123. The first-order valence-electron chi connectivity index (χ1n) is 8.45. The van der Waals surface area contributed by atoms with Crippen LogP contribution in [0, 0.1) is 5.82 Å². The molecule has 9 heteroatoms. The number of carbonyl (C=O) groups is 1. The number of nitrogens with one attached hydrogen (secondary N) is 3. The molecule has 0 aromatic heterocycles. The average molecular weight is 404 g/mol. The Morgan fingerprint density at radius 2 is 2.04 bits per heavy atom. The second kappa shape index (κ2) is 10.8. The van der Waals surface area contributed by atoms with Crippen molar-refractivity contribution in [3.05, 3.63) is 53.8 Å². The van der Waals surface area contributed by atoms with Crippen molar-refractivity contribution in [1.29, 1.82) is 0 Å². The zero-order chi connectivity index (χ0) is 20.4. The van der Waals surface area contributed by atoms with E-state index in [2.05, 4.69) is 21.2 Å². The second-order valence-corrected chi connectivity index (χ2v) is 5.86. The van der Waals surface area contributed by atoms with Crippen LogP contribution < -0.4 is 25.5 Å². The summed E-state index contributed by atoms with van der Waals surface area (Å²) in [5, 5.41) is 9.52. The van der Waals surface area contributed by atoms with Crippen LogP contribution in [-0.2, 0) is 4.79 Å². The maximum atomic E-state index is 13.6. The summed E-state index contributed by atoms with van der Waals surface area (Å²) in [7, 11) is 1.50. The molecule has 0 unspecified atom stereocenters. The number of thiocarbonyl (C=S) groups is 1. The highest BCUT2D eigenvalue weighted by atomic mass is 32.1. The first kappa shape index (κ1) is 21.1. The van der Waals surface area contributed by atoms with Gasteiger partial charge in [0.25, 0.3) is 5.91 Å². The highest BCUT2D eigenvalue weighted by Gasteiger charge is 2.08. The van der Waals surface area contributed by atoms with Gasteiger partial charge in [0.1, 0.15) is 5.82 Å². The summed E-state index contributed by atoms with van der Waals surface area (Å²) in [6.45, 7) is 2.27. The lowest BCUT2D eigenvalue weighted by atomic mass is 10.2. The van der Waals surface area contributed by atoms with Crippen LogP contribution in [0.3, 0.4) is 0 Å². The molecule has 7 nitrogen and oxygen atoms in total. The Morgan fingerprint density at radius 3 is 2.75 bits per heavy atom. The fraction of sp³-hybridized carbons (Fsp3) is 0.211. The van der Waals surface area contributed by atoms with Crippen LogP contribution >= 0.6 is 12.2 Å². The molecule has 28 heavy (non-hydrogen) atoms. The lowest BCUT2D eigenvalue weighted by Crippen LogP contribution is -2.28. The number of amides is 1. The number of para-hydroxylation sites is 1. The molecule has 0 aliphatic rings. The van der Waals surface area contributed by atoms with Crippen LogP contribution in [0.1, 0.15) is 12.5 Å². The van der Waals surface area contributed by atoms with Crippen LogP contribution in [0.15, 0.2) is 47.6 Å². The van der Waals surface area contributed by atoms with Gasteiger partial charge >= 0.3 is 0 Å². The average Bonchev–Trinajstić information content (AvgIpc) is 2.68. The monoisotopic (exact) mass is 404 g/mol. The summed E-state index contributed by atoms with van der Waals surface area (Å²) in [5.41, 5.74) is 3.58. The highest BCUT2D eigenvalue weighted by Crippen LogP contribution is 2.27. The predicted molar refractivity (Wildman–Crippen MR) is 111 cm³/mol. The molecule has 2 aromatic carbocycles. The number of hydrazone groups is 1. The van der Waals surface area contributed by atoms with Gasteiger partial charge in [0.2, 0.25) is 0 Å². The number of carbonyl (C=O) groups excluding carboxylic acids is 1. The van der Waals surface area contributed by atoms with Gasteiger partial charge in [-0.05, 0) is 55.0 Å². The maximum absolute atomic E-state index is 13.6. The number of hydrogen-bond donors (Lipinski definition) is 3. The Kier molecular flexibility index (Phi) is 8.16. The number of halogens is 1. The first-order valence-corrected chi connectivity index (χ1v) is 8.86. The van der Waals surface area contributed by atoms with Crippen molar-refractivity contribution in [2.24, 2.45) is 5.10 Å². The zero-order valence-corrected chi connectivity index (χ0v) is 16.3. The van der Waals surface area contributed by atoms with Gasteiger partial charge in [0.05, 0.1) is 19.0 Å². The van der Waals surface area contributed by atoms with Crippen LogP contribution in [0.25, 0.3) is 0 Å². The largest absolute Gasteiger partial charge is 0.493 e. The van der Waals surface area contributed by atoms with Crippen LogP contribution in [0.4, 0.5) is 10.1 Å². The lowest BCUT2D eigenvalue weighted by Gasteiger charge is -2.11. The van der Waals surface area contributed by atoms with Crippen molar-refractivity contribution in [2.45, 2.75) is 6.92 Å². The summed E-state index contributed by atoms with van der Waals surface area (Å²) < 4.78 is 24.3. The van der Waals surface area contributed by atoms with Gasteiger partial charge in [-0.3, -0.25) is 10.2 Å². The molecular formula is C19H21FN4O3S. The smallest absolute Gasteiger partial charge is 0.257 e. The molecule has 0 spiro atoms. The molecule has 0 aliphatic carbocycles. The molecule has 3 N–H and O–H groups in total. The maximum Gasteiger partial charge on any atom is 0.257 e. The minimum absolute atomic E-state index is 0.102. The van der Waals surface area contributed by atoms with Crippen molar-refractivity contribution in [3.8, 4) is 11.5 Å². The Balaban J connectivity index is 1.93. The number of ether oxygens (including phenoxy) is 2. The van der Waals surface area contributed by atoms with E-state index in [0.717, 1.165) is 0 Å². The number of rotatable bonds is 8. The van der Waals surface area contributed by atoms with E-state index in [1.165, 1.54) is 19.4 Å². The Bertz CT molecular complexity index is 861. The standard InChI is InChI=1S/C19H21FN4O3S/c1-3-21-18(25)12-27-16-9-8-13(10-17(16)26-2)11-22-24-19(28)23-15-7-5-4-6-14(15)20/h4-11H,3,12H2,1-2H3,(H,21,25)(H2,23,24,28)/b22-11-. The zero-order valence-electron chi connectivity index (χ0n) is 15.5. The number of benzene rings is 2. The molecule has 0 aliphatic heterocycles. The number of likely N-dealkylation sites (N-methyl/N-ethyl adjacent to an activating group) is 1. The molecule has 0 radical (unpaired) electrons. The van der Waals surface area contributed by atoms with Crippen molar-refractivity contribution >= 4 is 35.1 Å². The highest BCUT2D eigenvalue weighted by molar-refractivity contribution is 7.80. The Morgan fingerprint density at radius 1 is 1.25 bits per heavy atom. The van der Waals surface area contributed by atoms with E-state index in [0.29, 0.717) is 23.6 Å². The predicted octanol–water partition coefficient (Wildman–Crippen LogP) is 2.67. The van der Waals surface area contributed by atoms with E-state index < -0.39 is 5.82 Å². The van der Waals surface area contributed by atoms with Gasteiger partial charge in [-0.15, -0.1) is 0 Å². The van der Waals surface area contributed by atoms with Crippen LogP contribution in [0.5, 0.6) is 11.5 Å². The quantitative estimate of drug-likeness (QED) is 0.356. The van der Waals surface area contributed by atoms with Crippen molar-refractivity contribution in [2.75, 3.05) is 25.6 Å². The molecule has 148 valence electrons. The van der Waals surface area contributed by atoms with Gasteiger partial charge in [0, 0.05) is 6.54 Å². The first-order chi connectivity index (χ1) is 13.5. The number of anilines is 1. The summed E-state index contributed by atoms with van der Waals surface area (Å²) in [6.07, 6.45) is 1.52.